The summed E-state index contributed by atoms with van der Waals surface area (Å²) in [5.41, 5.74) is 2.47. The number of hydrogen-bond donors (Lipinski definition) is 0. The van der Waals surface area contributed by atoms with Crippen molar-refractivity contribution in [3.05, 3.63) is 65.4 Å². The van der Waals surface area contributed by atoms with Gasteiger partial charge in [0.05, 0.1) is 31.1 Å². The Morgan fingerprint density at radius 3 is 2.44 bits per heavy atom. The van der Waals surface area contributed by atoms with Gasteiger partial charge < -0.3 is 14.4 Å². The number of carbonyl (C=O) groups excluding carboxylic acids is 2. The molecule has 0 saturated carbocycles. The number of esters is 1. The molecule has 0 N–H and O–H groups in total. The Balaban J connectivity index is 1.36. The molecule has 0 unspecified atom stereocenters. The maximum atomic E-state index is 14.4. The average Bonchev–Trinajstić information content (AvgIpc) is 3.32. The van der Waals surface area contributed by atoms with E-state index in [2.05, 4.69) is 32.2 Å². The zero-order valence-electron chi connectivity index (χ0n) is 20.9. The Morgan fingerprint density at radius 2 is 1.83 bits per heavy atom. The van der Waals surface area contributed by atoms with Gasteiger partial charge in [0.25, 0.3) is 0 Å². The van der Waals surface area contributed by atoms with E-state index in [0.717, 1.165) is 24.5 Å². The summed E-state index contributed by atoms with van der Waals surface area (Å²) < 4.78 is 25.9. The SMILES string of the molecule is COC(=O)c1cnc(Cn2cc(-c3ccc(C4CCN(C(=O)OC(C)(C)C)CC4)cc3)nn2)c(F)c1. The van der Waals surface area contributed by atoms with Gasteiger partial charge >= 0.3 is 12.1 Å². The molecule has 4 rings (SSSR count). The van der Waals surface area contributed by atoms with Gasteiger partial charge in [0.15, 0.2) is 0 Å². The lowest BCUT2D eigenvalue weighted by molar-refractivity contribution is 0.0204. The third-order valence-electron chi connectivity index (χ3n) is 6.01. The van der Waals surface area contributed by atoms with E-state index in [0.29, 0.717) is 24.7 Å². The van der Waals surface area contributed by atoms with E-state index < -0.39 is 17.4 Å². The number of likely N-dealkylation sites (tertiary alicyclic amines) is 1. The van der Waals surface area contributed by atoms with E-state index >= 15 is 0 Å². The molecule has 36 heavy (non-hydrogen) atoms. The summed E-state index contributed by atoms with van der Waals surface area (Å²) in [6, 6.07) is 9.24. The third kappa shape index (κ3) is 6.05. The van der Waals surface area contributed by atoms with Crippen LogP contribution >= 0.6 is 0 Å². The van der Waals surface area contributed by atoms with Gasteiger partial charge in [0.1, 0.15) is 17.1 Å². The van der Waals surface area contributed by atoms with Gasteiger partial charge in [-0.1, -0.05) is 29.5 Å². The van der Waals surface area contributed by atoms with E-state index in [4.69, 9.17) is 4.74 Å². The minimum atomic E-state index is -0.645. The Bertz CT molecular complexity index is 1230. The third-order valence-corrected chi connectivity index (χ3v) is 6.01. The lowest BCUT2D eigenvalue weighted by Crippen LogP contribution is -2.41. The molecule has 1 aromatic carbocycles. The lowest BCUT2D eigenvalue weighted by Gasteiger charge is -2.33. The number of piperidine rings is 1. The molecule has 1 saturated heterocycles. The van der Waals surface area contributed by atoms with Crippen LogP contribution in [0.2, 0.25) is 0 Å². The molecule has 1 fully saturated rings. The molecule has 0 spiro atoms. The van der Waals surface area contributed by atoms with E-state index in [9.17, 15) is 14.0 Å². The number of nitrogens with zero attached hydrogens (tertiary/aromatic N) is 5. The fraction of sp³-hybridized carbons (Fsp3) is 0.423. The van der Waals surface area contributed by atoms with Crippen molar-refractivity contribution in [1.82, 2.24) is 24.9 Å². The average molecular weight is 496 g/mol. The number of pyridine rings is 1. The fourth-order valence-corrected chi connectivity index (χ4v) is 4.12. The molecule has 0 bridgehead atoms. The summed E-state index contributed by atoms with van der Waals surface area (Å²) in [6.45, 7) is 7.03. The predicted octanol–water partition coefficient (Wildman–Crippen LogP) is 4.43. The normalized spacial score (nSPS) is 14.5. The van der Waals surface area contributed by atoms with Gasteiger partial charge in [-0.2, -0.15) is 0 Å². The minimum Gasteiger partial charge on any atom is -0.465 e. The first-order valence-corrected chi connectivity index (χ1v) is 11.8. The van der Waals surface area contributed by atoms with Gasteiger partial charge in [-0.3, -0.25) is 4.98 Å². The Morgan fingerprint density at radius 1 is 1.14 bits per heavy atom. The summed E-state index contributed by atoms with van der Waals surface area (Å²) in [6.07, 6.45) is 4.50. The first-order valence-electron chi connectivity index (χ1n) is 11.8. The zero-order valence-corrected chi connectivity index (χ0v) is 20.9. The summed E-state index contributed by atoms with van der Waals surface area (Å²) in [4.78, 5) is 29.6. The molecule has 9 nitrogen and oxygen atoms in total. The van der Waals surface area contributed by atoms with Gasteiger partial charge in [0.2, 0.25) is 0 Å². The number of aromatic nitrogens is 4. The summed E-state index contributed by atoms with van der Waals surface area (Å²) in [5, 5.41) is 8.29. The van der Waals surface area contributed by atoms with Crippen molar-refractivity contribution in [2.45, 2.75) is 51.7 Å². The largest absolute Gasteiger partial charge is 0.465 e. The molecule has 0 aliphatic carbocycles. The topological polar surface area (TPSA) is 99.4 Å². The second-order valence-corrected chi connectivity index (χ2v) is 9.81. The van der Waals surface area contributed by atoms with Crippen LogP contribution in [0.4, 0.5) is 9.18 Å². The van der Waals surface area contributed by atoms with E-state index in [1.165, 1.54) is 23.6 Å². The molecule has 10 heteroatoms. The van der Waals surface area contributed by atoms with Crippen LogP contribution in [-0.4, -0.2) is 62.7 Å². The first kappa shape index (κ1) is 25.3. The molecular weight excluding hydrogens is 465 g/mol. The Kier molecular flexibility index (Phi) is 7.32. The van der Waals surface area contributed by atoms with Gasteiger partial charge in [0, 0.05) is 24.8 Å². The lowest BCUT2D eigenvalue weighted by atomic mass is 9.89. The van der Waals surface area contributed by atoms with Gasteiger partial charge in [-0.05, 0) is 51.2 Å². The highest BCUT2D eigenvalue weighted by Crippen LogP contribution is 2.30. The van der Waals surface area contributed by atoms with Crippen LogP contribution in [0.15, 0.2) is 42.7 Å². The molecule has 3 heterocycles. The standard InChI is InChI=1S/C26H30FN5O4/c1-26(2,3)36-25(34)31-11-9-18(10-12-31)17-5-7-19(8-6-17)22-15-32(30-29-22)16-23-21(27)13-20(14-28-23)24(33)35-4/h5-8,13-15,18H,9-12,16H2,1-4H3. The predicted molar refractivity (Wildman–Crippen MR) is 130 cm³/mol. The van der Waals surface area contributed by atoms with Crippen molar-refractivity contribution in [3.8, 4) is 11.3 Å². The number of benzene rings is 1. The number of carbonyl (C=O) groups is 2. The van der Waals surface area contributed by atoms with Gasteiger partial charge in [-0.15, -0.1) is 5.10 Å². The molecule has 1 aliphatic heterocycles. The molecule has 190 valence electrons. The number of ether oxygens (including phenoxy) is 2. The van der Waals surface area contributed by atoms with Crippen LogP contribution in [0.25, 0.3) is 11.3 Å². The summed E-state index contributed by atoms with van der Waals surface area (Å²) in [5.74, 6) is -0.888. The number of hydrogen-bond acceptors (Lipinski definition) is 7. The molecule has 0 atom stereocenters. The van der Waals surface area contributed by atoms with Crippen LogP contribution in [-0.2, 0) is 16.0 Å². The fourth-order valence-electron chi connectivity index (χ4n) is 4.12. The molecule has 1 aliphatic rings. The number of methoxy groups -OCH3 is 1. The molecule has 0 radical (unpaired) electrons. The van der Waals surface area contributed by atoms with E-state index in [1.807, 2.05) is 32.9 Å². The molecule has 3 aromatic rings. The highest BCUT2D eigenvalue weighted by atomic mass is 19.1. The number of rotatable bonds is 5. The van der Waals surface area contributed by atoms with Crippen LogP contribution in [0.5, 0.6) is 0 Å². The van der Waals surface area contributed by atoms with Crippen molar-refractivity contribution >= 4 is 12.1 Å². The van der Waals surface area contributed by atoms with Crippen molar-refractivity contribution in [3.63, 3.8) is 0 Å². The van der Waals surface area contributed by atoms with Crippen molar-refractivity contribution in [2.75, 3.05) is 20.2 Å². The highest BCUT2D eigenvalue weighted by molar-refractivity contribution is 5.88. The van der Waals surface area contributed by atoms with Crippen LogP contribution in [0, 0.1) is 5.82 Å². The summed E-state index contributed by atoms with van der Waals surface area (Å²) >= 11 is 0. The number of amides is 1. The van der Waals surface area contributed by atoms with Crippen LogP contribution < -0.4 is 0 Å². The quantitative estimate of drug-likeness (QED) is 0.483. The second-order valence-electron chi connectivity index (χ2n) is 9.81. The minimum absolute atomic E-state index is 0.0497. The Labute approximate surface area is 209 Å². The van der Waals surface area contributed by atoms with Crippen molar-refractivity contribution in [1.29, 1.82) is 0 Å². The molecular formula is C26H30FN5O4. The second kappa shape index (κ2) is 10.4. The van der Waals surface area contributed by atoms with Crippen molar-refractivity contribution < 1.29 is 23.5 Å². The maximum Gasteiger partial charge on any atom is 0.410 e. The van der Waals surface area contributed by atoms with Crippen LogP contribution in [0.3, 0.4) is 0 Å². The molecule has 2 aromatic heterocycles. The van der Waals surface area contributed by atoms with Crippen molar-refractivity contribution in [2.24, 2.45) is 0 Å². The first-order chi connectivity index (χ1) is 17.1. The smallest absolute Gasteiger partial charge is 0.410 e. The van der Waals surface area contributed by atoms with E-state index in [-0.39, 0.29) is 23.9 Å². The van der Waals surface area contributed by atoms with Crippen LogP contribution in [0.1, 0.15) is 61.1 Å². The van der Waals surface area contributed by atoms with E-state index in [1.54, 1.807) is 11.1 Å². The summed E-state index contributed by atoms with van der Waals surface area (Å²) in [7, 11) is 1.23. The highest BCUT2D eigenvalue weighted by Gasteiger charge is 2.27. The monoisotopic (exact) mass is 495 g/mol. The number of halogens is 1. The molecule has 1 amide bonds. The zero-order chi connectivity index (χ0) is 25.9. The Hall–Kier alpha value is -3.82. The maximum absolute atomic E-state index is 14.4. The van der Waals surface area contributed by atoms with Gasteiger partial charge in [-0.25, -0.2) is 18.7 Å².